The first-order valence-electron chi connectivity index (χ1n) is 7.23. The number of piperidine rings is 1. The van der Waals surface area contributed by atoms with Crippen molar-refractivity contribution in [1.82, 2.24) is 5.06 Å². The molecule has 0 bridgehead atoms. The Labute approximate surface area is 127 Å². The standard InChI is InChI=1S/C15H15ClN2O3/c16-9-4-6-10(7-5-9)18-14(19)12-11-3-1-2-8-17(11)21-13(12)15(18)20/h4-7,11-13H,1-3,8H2/t11-,12-,13-/m1/s1. The molecular formula is C15H15ClN2O3. The number of hydroxylamine groups is 2. The van der Waals surface area contributed by atoms with E-state index in [1.54, 1.807) is 24.3 Å². The number of nitrogens with zero attached hydrogens (tertiary/aromatic N) is 2. The maximum Gasteiger partial charge on any atom is 0.265 e. The summed E-state index contributed by atoms with van der Waals surface area (Å²) in [7, 11) is 0. The van der Waals surface area contributed by atoms with Crippen molar-refractivity contribution >= 4 is 29.1 Å². The van der Waals surface area contributed by atoms with E-state index in [1.807, 2.05) is 5.06 Å². The molecule has 3 aliphatic heterocycles. The lowest BCUT2D eigenvalue weighted by Crippen LogP contribution is -2.42. The number of fused-ring (bicyclic) bond motifs is 3. The van der Waals surface area contributed by atoms with Gasteiger partial charge in [-0.05, 0) is 37.1 Å². The first-order chi connectivity index (χ1) is 10.2. The molecule has 6 heteroatoms. The van der Waals surface area contributed by atoms with Crippen molar-refractivity contribution in [2.75, 3.05) is 11.4 Å². The molecule has 0 N–H and O–H groups in total. The Balaban J connectivity index is 1.66. The number of benzene rings is 1. The van der Waals surface area contributed by atoms with Crippen LogP contribution in [0.1, 0.15) is 19.3 Å². The van der Waals surface area contributed by atoms with E-state index in [0.29, 0.717) is 10.7 Å². The summed E-state index contributed by atoms with van der Waals surface area (Å²) < 4.78 is 0. The van der Waals surface area contributed by atoms with Gasteiger partial charge in [-0.15, -0.1) is 0 Å². The second-order valence-electron chi connectivity index (χ2n) is 5.74. The number of anilines is 1. The van der Waals surface area contributed by atoms with Gasteiger partial charge in [-0.3, -0.25) is 14.4 Å². The Morgan fingerprint density at radius 3 is 2.62 bits per heavy atom. The summed E-state index contributed by atoms with van der Waals surface area (Å²) in [5, 5.41) is 2.42. The molecule has 1 aromatic carbocycles. The molecule has 1 aromatic rings. The zero-order chi connectivity index (χ0) is 14.6. The number of hydrogen-bond acceptors (Lipinski definition) is 4. The molecule has 0 spiro atoms. The van der Waals surface area contributed by atoms with Gasteiger partial charge in [0.2, 0.25) is 5.91 Å². The van der Waals surface area contributed by atoms with Gasteiger partial charge in [0.1, 0.15) is 0 Å². The quantitative estimate of drug-likeness (QED) is 0.745. The zero-order valence-corrected chi connectivity index (χ0v) is 12.1. The van der Waals surface area contributed by atoms with Crippen LogP contribution in [-0.4, -0.2) is 35.6 Å². The van der Waals surface area contributed by atoms with Gasteiger partial charge in [-0.25, -0.2) is 4.90 Å². The maximum atomic E-state index is 12.7. The molecular weight excluding hydrogens is 292 g/mol. The van der Waals surface area contributed by atoms with E-state index in [-0.39, 0.29) is 23.8 Å². The molecule has 5 nitrogen and oxygen atoms in total. The van der Waals surface area contributed by atoms with E-state index in [4.69, 9.17) is 16.4 Å². The lowest BCUT2D eigenvalue weighted by atomic mass is 9.90. The number of carbonyl (C=O) groups is 2. The van der Waals surface area contributed by atoms with Crippen molar-refractivity contribution in [3.8, 4) is 0 Å². The largest absolute Gasteiger partial charge is 0.284 e. The Morgan fingerprint density at radius 1 is 1.10 bits per heavy atom. The van der Waals surface area contributed by atoms with Crippen LogP contribution in [0.5, 0.6) is 0 Å². The number of imide groups is 1. The molecule has 0 aliphatic carbocycles. The van der Waals surface area contributed by atoms with E-state index in [1.165, 1.54) is 4.90 Å². The van der Waals surface area contributed by atoms with Crippen LogP contribution in [0.25, 0.3) is 0 Å². The highest BCUT2D eigenvalue weighted by molar-refractivity contribution is 6.31. The van der Waals surface area contributed by atoms with Crippen molar-refractivity contribution in [3.63, 3.8) is 0 Å². The number of rotatable bonds is 1. The second-order valence-corrected chi connectivity index (χ2v) is 6.18. The normalized spacial score (nSPS) is 32.4. The van der Waals surface area contributed by atoms with Crippen LogP contribution in [0.4, 0.5) is 5.69 Å². The number of amides is 2. The molecule has 0 radical (unpaired) electrons. The predicted octanol–water partition coefficient (Wildman–Crippen LogP) is 2.00. The summed E-state index contributed by atoms with van der Waals surface area (Å²) in [6.45, 7) is 0.805. The highest BCUT2D eigenvalue weighted by Crippen LogP contribution is 2.41. The first-order valence-corrected chi connectivity index (χ1v) is 7.61. The third-order valence-corrected chi connectivity index (χ3v) is 4.79. The lowest BCUT2D eigenvalue weighted by molar-refractivity contribution is -0.177. The molecule has 3 fully saturated rings. The monoisotopic (exact) mass is 306 g/mol. The predicted molar refractivity (Wildman–Crippen MR) is 76.7 cm³/mol. The van der Waals surface area contributed by atoms with Gasteiger partial charge in [-0.1, -0.05) is 18.0 Å². The molecule has 4 rings (SSSR count). The second kappa shape index (κ2) is 4.80. The first kappa shape index (κ1) is 13.2. The van der Waals surface area contributed by atoms with Crippen molar-refractivity contribution in [1.29, 1.82) is 0 Å². The zero-order valence-electron chi connectivity index (χ0n) is 11.4. The van der Waals surface area contributed by atoms with E-state index < -0.39 is 6.10 Å². The van der Waals surface area contributed by atoms with Crippen molar-refractivity contribution in [3.05, 3.63) is 29.3 Å². The van der Waals surface area contributed by atoms with E-state index in [9.17, 15) is 9.59 Å². The van der Waals surface area contributed by atoms with E-state index >= 15 is 0 Å². The van der Waals surface area contributed by atoms with Gasteiger partial charge in [0, 0.05) is 11.6 Å². The van der Waals surface area contributed by atoms with Crippen LogP contribution in [0.2, 0.25) is 5.02 Å². The van der Waals surface area contributed by atoms with Crippen LogP contribution in [0, 0.1) is 5.92 Å². The SMILES string of the molecule is O=C1[C@@H]2[C@H]3CCCCN3O[C@H]2C(=O)N1c1ccc(Cl)cc1. The molecule has 3 heterocycles. The van der Waals surface area contributed by atoms with Crippen LogP contribution in [-0.2, 0) is 14.4 Å². The average molecular weight is 307 g/mol. The van der Waals surface area contributed by atoms with Gasteiger partial charge in [0.25, 0.3) is 5.91 Å². The molecule has 0 aromatic heterocycles. The Kier molecular flexibility index (Phi) is 3.03. The van der Waals surface area contributed by atoms with Crippen molar-refractivity contribution in [2.45, 2.75) is 31.4 Å². The molecule has 21 heavy (non-hydrogen) atoms. The third-order valence-electron chi connectivity index (χ3n) is 4.54. The fraction of sp³-hybridized carbons (Fsp3) is 0.467. The number of halogens is 1. The third kappa shape index (κ3) is 1.92. The molecule has 3 saturated heterocycles. The van der Waals surface area contributed by atoms with Gasteiger partial charge in [-0.2, -0.15) is 5.06 Å². The van der Waals surface area contributed by atoms with Gasteiger partial charge in [0.05, 0.1) is 17.6 Å². The molecule has 2 amide bonds. The van der Waals surface area contributed by atoms with Gasteiger partial charge < -0.3 is 0 Å². The van der Waals surface area contributed by atoms with Crippen LogP contribution in [0.15, 0.2) is 24.3 Å². The summed E-state index contributed by atoms with van der Waals surface area (Å²) in [4.78, 5) is 32.2. The van der Waals surface area contributed by atoms with Crippen molar-refractivity contribution < 1.29 is 14.4 Å². The Bertz CT molecular complexity index is 603. The molecule has 3 atom stereocenters. The molecule has 0 saturated carbocycles. The average Bonchev–Trinajstić information content (AvgIpc) is 2.98. The van der Waals surface area contributed by atoms with E-state index in [0.717, 1.165) is 25.8 Å². The minimum atomic E-state index is -0.656. The molecule has 3 aliphatic rings. The minimum absolute atomic E-state index is 0.0394. The fourth-order valence-corrected chi connectivity index (χ4v) is 3.68. The Morgan fingerprint density at radius 2 is 1.86 bits per heavy atom. The highest BCUT2D eigenvalue weighted by atomic mass is 35.5. The summed E-state index contributed by atoms with van der Waals surface area (Å²) in [6, 6.07) is 6.78. The number of carbonyl (C=O) groups excluding carboxylic acids is 2. The van der Waals surface area contributed by atoms with Gasteiger partial charge >= 0.3 is 0 Å². The summed E-state index contributed by atoms with van der Waals surface area (Å²) in [5.74, 6) is -0.781. The van der Waals surface area contributed by atoms with E-state index in [2.05, 4.69) is 0 Å². The topological polar surface area (TPSA) is 49.9 Å². The van der Waals surface area contributed by atoms with Crippen LogP contribution >= 0.6 is 11.6 Å². The summed E-state index contributed by atoms with van der Waals surface area (Å²) >= 11 is 5.86. The molecule has 0 unspecified atom stereocenters. The van der Waals surface area contributed by atoms with Gasteiger partial charge in [0.15, 0.2) is 6.10 Å². The van der Waals surface area contributed by atoms with Crippen molar-refractivity contribution in [2.24, 2.45) is 5.92 Å². The smallest absolute Gasteiger partial charge is 0.265 e. The Hall–Kier alpha value is -1.43. The fourth-order valence-electron chi connectivity index (χ4n) is 3.56. The minimum Gasteiger partial charge on any atom is -0.284 e. The molecule has 110 valence electrons. The summed E-state index contributed by atoms with van der Waals surface area (Å²) in [5.41, 5.74) is 0.565. The summed E-state index contributed by atoms with van der Waals surface area (Å²) in [6.07, 6.45) is 2.39. The number of hydrogen-bond donors (Lipinski definition) is 0. The van der Waals surface area contributed by atoms with Crippen LogP contribution < -0.4 is 4.90 Å². The maximum absolute atomic E-state index is 12.7. The van der Waals surface area contributed by atoms with Crippen LogP contribution in [0.3, 0.4) is 0 Å². The lowest BCUT2D eigenvalue weighted by Gasteiger charge is -2.30. The highest BCUT2D eigenvalue weighted by Gasteiger charge is 2.59.